The molecule has 3 rings (SSSR count). The van der Waals surface area contributed by atoms with E-state index < -0.39 is 28.9 Å². The van der Waals surface area contributed by atoms with Gasteiger partial charge < -0.3 is 24.9 Å². The van der Waals surface area contributed by atoms with Gasteiger partial charge in [-0.1, -0.05) is 11.8 Å². The van der Waals surface area contributed by atoms with Crippen LogP contribution in [-0.2, 0) is 15.7 Å². The Morgan fingerprint density at radius 2 is 1.78 bits per heavy atom. The van der Waals surface area contributed by atoms with E-state index in [1.54, 1.807) is 32.0 Å². The van der Waals surface area contributed by atoms with Crippen LogP contribution in [0.3, 0.4) is 0 Å². The molecule has 0 aliphatic carbocycles. The Balaban J connectivity index is 0.00000481. The molecule has 0 radical (unpaired) electrons. The Labute approximate surface area is 221 Å². The number of rotatable bonds is 9. The molecule has 0 aliphatic heterocycles. The molecule has 2 aromatic carbocycles. The quantitative estimate of drug-likeness (QED) is 0.363. The minimum absolute atomic E-state index is 0. The van der Waals surface area contributed by atoms with Crippen LogP contribution in [0.1, 0.15) is 19.4 Å². The highest BCUT2D eigenvalue weighted by atomic mass is 35.5. The summed E-state index contributed by atoms with van der Waals surface area (Å²) in [6.45, 7) is 3.16. The molecule has 0 aliphatic rings. The van der Waals surface area contributed by atoms with Gasteiger partial charge in [0.25, 0.3) is 5.56 Å². The molecular weight excluding hydrogens is 535 g/mol. The molecule has 0 saturated carbocycles. The highest BCUT2D eigenvalue weighted by molar-refractivity contribution is 7.99. The second-order valence-electron chi connectivity index (χ2n) is 8.14. The molecular formula is C24H25ClF3N3O5S. The molecule has 200 valence electrons. The highest BCUT2D eigenvalue weighted by Crippen LogP contribution is 2.34. The summed E-state index contributed by atoms with van der Waals surface area (Å²) in [6.07, 6.45) is -3.03. The van der Waals surface area contributed by atoms with Crippen LogP contribution in [0.25, 0.3) is 11.3 Å². The molecule has 0 atom stereocenters. The second-order valence-corrected chi connectivity index (χ2v) is 9.20. The molecule has 1 aromatic heterocycles. The van der Waals surface area contributed by atoms with E-state index in [-0.39, 0.29) is 30.6 Å². The summed E-state index contributed by atoms with van der Waals surface area (Å²) in [5.41, 5.74) is 4.10. The number of benzene rings is 2. The molecule has 0 unspecified atom stereocenters. The first-order valence-electron chi connectivity index (χ1n) is 10.6. The number of halogens is 4. The minimum atomic E-state index is -4.45. The third kappa shape index (κ3) is 8.14. The van der Waals surface area contributed by atoms with Gasteiger partial charge in [-0.25, -0.2) is 4.98 Å². The molecule has 13 heteroatoms. The fraction of sp³-hybridized carbons (Fsp3) is 0.292. The average molecular weight is 560 g/mol. The number of H-pyrrole nitrogens is 1. The third-order valence-electron chi connectivity index (χ3n) is 4.74. The maximum atomic E-state index is 12.8. The number of aromatic nitrogens is 2. The summed E-state index contributed by atoms with van der Waals surface area (Å²) >= 11 is 0.944. The number of alkyl halides is 3. The van der Waals surface area contributed by atoms with Crippen LogP contribution in [0, 0.1) is 0 Å². The number of ether oxygens (including phenoxy) is 3. The predicted octanol–water partition coefficient (Wildman–Crippen LogP) is 4.70. The first kappa shape index (κ1) is 30.0. The molecule has 1 heterocycles. The number of carbonyl (C=O) groups excluding carboxylic acids is 1. The van der Waals surface area contributed by atoms with E-state index >= 15 is 0 Å². The van der Waals surface area contributed by atoms with Gasteiger partial charge in [-0.15, -0.1) is 12.4 Å². The van der Waals surface area contributed by atoms with Crippen molar-refractivity contribution in [3.8, 4) is 22.8 Å². The van der Waals surface area contributed by atoms with Gasteiger partial charge in [0.1, 0.15) is 12.2 Å². The third-order valence-corrected chi connectivity index (χ3v) is 5.72. The zero-order valence-corrected chi connectivity index (χ0v) is 21.7. The first-order chi connectivity index (χ1) is 16.9. The number of nitrogens with two attached hydrogens (primary N) is 1. The minimum Gasteiger partial charge on any atom is -0.493 e. The first-order valence-corrected chi connectivity index (χ1v) is 11.4. The lowest BCUT2D eigenvalue weighted by atomic mass is 10.1. The summed E-state index contributed by atoms with van der Waals surface area (Å²) in [7, 11) is 1.46. The maximum Gasteiger partial charge on any atom is 0.416 e. The van der Waals surface area contributed by atoms with Crippen molar-refractivity contribution in [2.75, 3.05) is 20.3 Å². The van der Waals surface area contributed by atoms with Gasteiger partial charge in [0, 0.05) is 16.7 Å². The van der Waals surface area contributed by atoms with Gasteiger partial charge in [0.15, 0.2) is 16.5 Å². The number of nitrogens with zero attached hydrogens (tertiary/aromatic N) is 1. The van der Waals surface area contributed by atoms with Crippen molar-refractivity contribution in [3.05, 3.63) is 64.6 Å². The summed E-state index contributed by atoms with van der Waals surface area (Å²) < 4.78 is 54.8. The summed E-state index contributed by atoms with van der Waals surface area (Å²) in [5.74, 6) is 0.209. The number of nitrogens with one attached hydrogen (secondary N) is 1. The lowest BCUT2D eigenvalue weighted by Crippen LogP contribution is -2.37. The Bertz CT molecular complexity index is 1280. The Morgan fingerprint density at radius 3 is 2.38 bits per heavy atom. The van der Waals surface area contributed by atoms with Crippen molar-refractivity contribution in [3.63, 3.8) is 0 Å². The Kier molecular flexibility index (Phi) is 10.0. The van der Waals surface area contributed by atoms with Gasteiger partial charge in [-0.2, -0.15) is 13.2 Å². The smallest absolute Gasteiger partial charge is 0.416 e. The molecule has 0 fully saturated rings. The van der Waals surface area contributed by atoms with Crippen molar-refractivity contribution in [2.45, 2.75) is 35.5 Å². The van der Waals surface area contributed by atoms with Crippen LogP contribution in [0.2, 0.25) is 0 Å². The Hall–Kier alpha value is -3.22. The fourth-order valence-electron chi connectivity index (χ4n) is 3.01. The fourth-order valence-corrected chi connectivity index (χ4v) is 3.80. The van der Waals surface area contributed by atoms with E-state index in [0.717, 1.165) is 23.9 Å². The van der Waals surface area contributed by atoms with Gasteiger partial charge in [-0.3, -0.25) is 9.59 Å². The summed E-state index contributed by atoms with van der Waals surface area (Å²) in [5, 5.41) is 0.0648. The standard InChI is InChI=1S/C24H24F3N3O5S.ClH/c1-23(2,35-20(31)11-28)13-34-18-9-4-14(10-19(18)33-3)17-12-29-21(32)22(30-17)36-16-7-5-15(6-8-16)24(25,26)27;/h4-10,12H,11,13,28H2,1-3H3,(H,29,32);1H. The van der Waals surface area contributed by atoms with E-state index in [1.165, 1.54) is 25.4 Å². The number of aromatic amines is 1. The maximum absolute atomic E-state index is 12.8. The largest absolute Gasteiger partial charge is 0.493 e. The monoisotopic (exact) mass is 559 g/mol. The van der Waals surface area contributed by atoms with Crippen molar-refractivity contribution >= 4 is 30.1 Å². The molecule has 0 amide bonds. The summed E-state index contributed by atoms with van der Waals surface area (Å²) in [6, 6.07) is 9.45. The molecule has 37 heavy (non-hydrogen) atoms. The number of hydrogen-bond acceptors (Lipinski definition) is 8. The second kappa shape index (κ2) is 12.3. The normalized spacial score (nSPS) is 11.4. The van der Waals surface area contributed by atoms with Crippen molar-refractivity contribution in [1.82, 2.24) is 9.97 Å². The van der Waals surface area contributed by atoms with Crippen LogP contribution in [0.5, 0.6) is 11.5 Å². The average Bonchev–Trinajstić information content (AvgIpc) is 2.83. The van der Waals surface area contributed by atoms with Crippen LogP contribution in [0.4, 0.5) is 13.2 Å². The number of esters is 1. The van der Waals surface area contributed by atoms with E-state index in [1.807, 2.05) is 0 Å². The van der Waals surface area contributed by atoms with Crippen molar-refractivity contribution < 1.29 is 32.2 Å². The van der Waals surface area contributed by atoms with Crippen molar-refractivity contribution in [2.24, 2.45) is 5.73 Å². The van der Waals surface area contributed by atoms with Crippen LogP contribution < -0.4 is 20.8 Å². The SMILES string of the molecule is COc1cc(-c2c[nH]c(=O)c(Sc3ccc(C(F)(F)F)cc3)n2)ccc1OCC(C)(C)OC(=O)CN.Cl. The number of carbonyl (C=O) groups is 1. The lowest BCUT2D eigenvalue weighted by Gasteiger charge is -2.25. The van der Waals surface area contributed by atoms with Crippen LogP contribution in [0.15, 0.2) is 63.4 Å². The summed E-state index contributed by atoms with van der Waals surface area (Å²) in [4.78, 5) is 31.2. The molecule has 0 saturated heterocycles. The van der Waals surface area contributed by atoms with Crippen LogP contribution >= 0.6 is 24.2 Å². The molecule has 8 nitrogen and oxygen atoms in total. The predicted molar refractivity (Wildman–Crippen MR) is 134 cm³/mol. The topological polar surface area (TPSA) is 117 Å². The van der Waals surface area contributed by atoms with Gasteiger partial charge in [-0.05, 0) is 56.3 Å². The van der Waals surface area contributed by atoms with E-state index in [4.69, 9.17) is 19.9 Å². The van der Waals surface area contributed by atoms with Gasteiger partial charge >= 0.3 is 12.1 Å². The Morgan fingerprint density at radius 1 is 1.11 bits per heavy atom. The molecule has 0 bridgehead atoms. The van der Waals surface area contributed by atoms with Gasteiger partial charge in [0.2, 0.25) is 0 Å². The van der Waals surface area contributed by atoms with E-state index in [9.17, 15) is 22.8 Å². The molecule has 3 N–H and O–H groups in total. The number of hydrogen-bond donors (Lipinski definition) is 2. The molecule has 0 spiro atoms. The molecule has 3 aromatic rings. The zero-order chi connectivity index (χ0) is 26.5. The number of methoxy groups -OCH3 is 1. The van der Waals surface area contributed by atoms with Crippen molar-refractivity contribution in [1.29, 1.82) is 0 Å². The van der Waals surface area contributed by atoms with E-state index in [2.05, 4.69) is 9.97 Å². The lowest BCUT2D eigenvalue weighted by molar-refractivity contribution is -0.157. The van der Waals surface area contributed by atoms with Crippen LogP contribution in [-0.4, -0.2) is 41.8 Å². The van der Waals surface area contributed by atoms with E-state index in [0.29, 0.717) is 27.7 Å². The zero-order valence-electron chi connectivity index (χ0n) is 20.0. The highest BCUT2D eigenvalue weighted by Gasteiger charge is 2.30. The van der Waals surface area contributed by atoms with Gasteiger partial charge in [0.05, 0.1) is 24.9 Å².